The minimum absolute atomic E-state index is 0.0739. The second-order valence-electron chi connectivity index (χ2n) is 2.92. The molecule has 4 nitrogen and oxygen atoms in total. The van der Waals surface area contributed by atoms with Gasteiger partial charge in [0.2, 0.25) is 5.95 Å². The van der Waals surface area contributed by atoms with E-state index in [0.717, 1.165) is 0 Å². The molecule has 0 amide bonds. The third-order valence-electron chi connectivity index (χ3n) is 1.86. The first kappa shape index (κ1) is 10.6. The SMILES string of the molecule is NC(CCC(=O)O)c1cccnc1F. The van der Waals surface area contributed by atoms with Crippen LogP contribution in [-0.4, -0.2) is 16.1 Å². The van der Waals surface area contributed by atoms with Gasteiger partial charge in [-0.2, -0.15) is 4.39 Å². The fraction of sp³-hybridized carbons (Fsp3) is 0.333. The number of aliphatic carboxylic acids is 1. The summed E-state index contributed by atoms with van der Waals surface area (Å²) in [7, 11) is 0. The quantitative estimate of drug-likeness (QED) is 0.710. The Labute approximate surface area is 80.6 Å². The Morgan fingerprint density at radius 3 is 3.00 bits per heavy atom. The summed E-state index contributed by atoms with van der Waals surface area (Å²) in [4.78, 5) is 13.7. The summed E-state index contributed by atoms with van der Waals surface area (Å²) in [5, 5.41) is 8.41. The van der Waals surface area contributed by atoms with Crippen molar-refractivity contribution in [2.24, 2.45) is 5.73 Å². The van der Waals surface area contributed by atoms with Crippen molar-refractivity contribution in [3.8, 4) is 0 Å². The van der Waals surface area contributed by atoms with Crippen LogP contribution in [0.5, 0.6) is 0 Å². The molecule has 5 heteroatoms. The normalized spacial score (nSPS) is 12.4. The van der Waals surface area contributed by atoms with Gasteiger partial charge in [-0.1, -0.05) is 6.07 Å². The lowest BCUT2D eigenvalue weighted by Gasteiger charge is -2.10. The number of rotatable bonds is 4. The molecule has 1 rings (SSSR count). The van der Waals surface area contributed by atoms with Crippen LogP contribution in [0.1, 0.15) is 24.4 Å². The first-order valence-electron chi connectivity index (χ1n) is 4.19. The Balaban J connectivity index is 2.65. The van der Waals surface area contributed by atoms with Crippen LogP contribution in [0.25, 0.3) is 0 Å². The van der Waals surface area contributed by atoms with E-state index in [2.05, 4.69) is 4.98 Å². The standard InChI is InChI=1S/C9H11FN2O2/c10-9-6(2-1-5-12-9)7(11)3-4-8(13)14/h1-2,5,7H,3-4,11H2,(H,13,14). The Morgan fingerprint density at radius 1 is 1.71 bits per heavy atom. The summed E-state index contributed by atoms with van der Waals surface area (Å²) >= 11 is 0. The molecule has 0 saturated carbocycles. The van der Waals surface area contributed by atoms with Gasteiger partial charge in [0, 0.05) is 24.2 Å². The second kappa shape index (κ2) is 4.66. The van der Waals surface area contributed by atoms with E-state index < -0.39 is 18.0 Å². The highest BCUT2D eigenvalue weighted by Crippen LogP contribution is 2.16. The van der Waals surface area contributed by atoms with Crippen LogP contribution >= 0.6 is 0 Å². The highest BCUT2D eigenvalue weighted by Gasteiger charge is 2.12. The summed E-state index contributed by atoms with van der Waals surface area (Å²) in [6, 6.07) is 2.47. The van der Waals surface area contributed by atoms with E-state index >= 15 is 0 Å². The molecule has 0 fully saturated rings. The van der Waals surface area contributed by atoms with Gasteiger partial charge in [0.1, 0.15) is 0 Å². The Bertz CT molecular complexity index is 330. The van der Waals surface area contributed by atoms with Gasteiger partial charge in [-0.15, -0.1) is 0 Å². The highest BCUT2D eigenvalue weighted by molar-refractivity contribution is 5.66. The Hall–Kier alpha value is -1.49. The minimum atomic E-state index is -0.940. The highest BCUT2D eigenvalue weighted by atomic mass is 19.1. The molecule has 1 unspecified atom stereocenters. The Morgan fingerprint density at radius 2 is 2.43 bits per heavy atom. The van der Waals surface area contributed by atoms with Gasteiger partial charge in [0.25, 0.3) is 0 Å². The van der Waals surface area contributed by atoms with Crippen LogP contribution in [0, 0.1) is 5.95 Å². The number of pyridine rings is 1. The van der Waals surface area contributed by atoms with Crippen LogP contribution < -0.4 is 5.73 Å². The molecular formula is C9H11FN2O2. The first-order valence-corrected chi connectivity index (χ1v) is 4.19. The van der Waals surface area contributed by atoms with Crippen LogP contribution in [0.4, 0.5) is 4.39 Å². The predicted octanol–water partition coefficient (Wildman–Crippen LogP) is 1.09. The smallest absolute Gasteiger partial charge is 0.303 e. The van der Waals surface area contributed by atoms with Gasteiger partial charge in [0.05, 0.1) is 0 Å². The molecule has 0 spiro atoms. The lowest BCUT2D eigenvalue weighted by molar-refractivity contribution is -0.137. The summed E-state index contributed by atoms with van der Waals surface area (Å²) in [6.07, 6.45) is 1.45. The summed E-state index contributed by atoms with van der Waals surface area (Å²) in [6.45, 7) is 0. The molecule has 14 heavy (non-hydrogen) atoms. The molecule has 3 N–H and O–H groups in total. The lowest BCUT2D eigenvalue weighted by atomic mass is 10.0. The molecule has 0 aliphatic heterocycles. The third kappa shape index (κ3) is 2.77. The molecule has 1 aromatic heterocycles. The van der Waals surface area contributed by atoms with Gasteiger partial charge in [-0.3, -0.25) is 4.79 Å². The van der Waals surface area contributed by atoms with Crippen molar-refractivity contribution in [1.82, 2.24) is 4.98 Å². The number of nitrogens with zero attached hydrogens (tertiary/aromatic N) is 1. The molecule has 0 aliphatic carbocycles. The zero-order chi connectivity index (χ0) is 10.6. The lowest BCUT2D eigenvalue weighted by Crippen LogP contribution is -2.14. The predicted molar refractivity (Wildman–Crippen MR) is 48.0 cm³/mol. The van der Waals surface area contributed by atoms with Gasteiger partial charge in [-0.05, 0) is 12.5 Å². The zero-order valence-electron chi connectivity index (χ0n) is 7.48. The minimum Gasteiger partial charge on any atom is -0.481 e. The molecule has 76 valence electrons. The molecule has 0 bridgehead atoms. The van der Waals surface area contributed by atoms with Gasteiger partial charge >= 0.3 is 5.97 Å². The second-order valence-corrected chi connectivity index (χ2v) is 2.92. The van der Waals surface area contributed by atoms with E-state index in [1.165, 1.54) is 12.3 Å². The summed E-state index contributed by atoms with van der Waals surface area (Å²) in [5.74, 6) is -1.57. The average molecular weight is 198 g/mol. The molecule has 0 aromatic carbocycles. The largest absolute Gasteiger partial charge is 0.481 e. The van der Waals surface area contributed by atoms with Crippen LogP contribution in [0.3, 0.4) is 0 Å². The number of carboxylic acids is 1. The van der Waals surface area contributed by atoms with Gasteiger partial charge in [0.15, 0.2) is 0 Å². The van der Waals surface area contributed by atoms with Crippen molar-refractivity contribution >= 4 is 5.97 Å². The molecular weight excluding hydrogens is 187 g/mol. The van der Waals surface area contributed by atoms with E-state index in [1.807, 2.05) is 0 Å². The molecule has 1 heterocycles. The Kier molecular flexibility index (Phi) is 3.53. The van der Waals surface area contributed by atoms with E-state index in [1.54, 1.807) is 6.07 Å². The van der Waals surface area contributed by atoms with Crippen molar-refractivity contribution in [3.63, 3.8) is 0 Å². The van der Waals surface area contributed by atoms with Gasteiger partial charge < -0.3 is 10.8 Å². The van der Waals surface area contributed by atoms with E-state index in [9.17, 15) is 9.18 Å². The van der Waals surface area contributed by atoms with Gasteiger partial charge in [-0.25, -0.2) is 4.98 Å². The summed E-state index contributed by atoms with van der Waals surface area (Å²) in [5.41, 5.74) is 5.86. The van der Waals surface area contributed by atoms with Crippen LogP contribution in [0.2, 0.25) is 0 Å². The van der Waals surface area contributed by atoms with Crippen molar-refractivity contribution in [3.05, 3.63) is 29.8 Å². The number of carbonyl (C=O) groups is 1. The van der Waals surface area contributed by atoms with Crippen molar-refractivity contribution in [2.75, 3.05) is 0 Å². The fourth-order valence-electron chi connectivity index (χ4n) is 1.11. The van der Waals surface area contributed by atoms with Crippen molar-refractivity contribution in [2.45, 2.75) is 18.9 Å². The zero-order valence-corrected chi connectivity index (χ0v) is 7.48. The molecule has 0 radical (unpaired) electrons. The number of aromatic nitrogens is 1. The van der Waals surface area contributed by atoms with Crippen molar-refractivity contribution < 1.29 is 14.3 Å². The van der Waals surface area contributed by atoms with E-state index in [0.29, 0.717) is 0 Å². The van der Waals surface area contributed by atoms with E-state index in [-0.39, 0.29) is 18.4 Å². The summed E-state index contributed by atoms with van der Waals surface area (Å²) < 4.78 is 13.0. The number of carboxylic acid groups (broad SMARTS) is 1. The molecule has 1 aromatic rings. The van der Waals surface area contributed by atoms with Crippen LogP contribution in [-0.2, 0) is 4.79 Å². The average Bonchev–Trinajstić information content (AvgIpc) is 2.15. The maximum absolute atomic E-state index is 13.0. The molecule has 0 saturated heterocycles. The number of nitrogens with two attached hydrogens (primary N) is 1. The maximum atomic E-state index is 13.0. The fourth-order valence-corrected chi connectivity index (χ4v) is 1.11. The number of halogens is 1. The third-order valence-corrected chi connectivity index (χ3v) is 1.86. The number of hydrogen-bond donors (Lipinski definition) is 2. The topological polar surface area (TPSA) is 76.2 Å². The van der Waals surface area contributed by atoms with E-state index in [4.69, 9.17) is 10.8 Å². The monoisotopic (exact) mass is 198 g/mol. The molecule has 1 atom stereocenters. The number of hydrogen-bond acceptors (Lipinski definition) is 3. The van der Waals surface area contributed by atoms with Crippen molar-refractivity contribution in [1.29, 1.82) is 0 Å². The first-order chi connectivity index (χ1) is 6.61. The molecule has 0 aliphatic rings. The van der Waals surface area contributed by atoms with Crippen LogP contribution in [0.15, 0.2) is 18.3 Å². The maximum Gasteiger partial charge on any atom is 0.303 e.